The highest BCUT2D eigenvalue weighted by atomic mass is 32.2. The Morgan fingerprint density at radius 2 is 2.05 bits per heavy atom. The molecular weight excluding hydrogens is 286 g/mol. The second-order valence-corrected chi connectivity index (χ2v) is 8.89. The second kappa shape index (κ2) is 5.39. The molecule has 2 heterocycles. The van der Waals surface area contributed by atoms with Gasteiger partial charge in [-0.2, -0.15) is 5.10 Å². The van der Waals surface area contributed by atoms with E-state index >= 15 is 0 Å². The van der Waals surface area contributed by atoms with Crippen molar-refractivity contribution in [3.63, 3.8) is 0 Å². The summed E-state index contributed by atoms with van der Waals surface area (Å²) in [5.41, 5.74) is 3.36. The lowest BCUT2D eigenvalue weighted by Crippen LogP contribution is -2.27. The summed E-state index contributed by atoms with van der Waals surface area (Å²) in [6.45, 7) is 7.15. The Labute approximate surface area is 127 Å². The van der Waals surface area contributed by atoms with Gasteiger partial charge < -0.3 is 5.32 Å². The Morgan fingerprint density at radius 3 is 2.62 bits per heavy atom. The number of nitrogens with zero attached hydrogens (tertiary/aromatic N) is 2. The molecule has 5 nitrogen and oxygen atoms in total. The Kier molecular flexibility index (Phi) is 3.86. The van der Waals surface area contributed by atoms with Crippen molar-refractivity contribution in [3.05, 3.63) is 17.0 Å². The van der Waals surface area contributed by atoms with Crippen LogP contribution in [0.5, 0.6) is 0 Å². The molecule has 3 rings (SSSR count). The van der Waals surface area contributed by atoms with Crippen molar-refractivity contribution in [1.82, 2.24) is 15.1 Å². The molecule has 2 aliphatic rings. The SMILES string of the molecule is Cc1nn(C2CCS(=O)(=O)C2)c(C)c1CNC(C)C1CC1. The Bertz CT molecular complexity index is 632. The molecule has 2 atom stereocenters. The van der Waals surface area contributed by atoms with Crippen molar-refractivity contribution in [2.24, 2.45) is 5.92 Å². The van der Waals surface area contributed by atoms with Gasteiger partial charge in [0.15, 0.2) is 9.84 Å². The molecule has 1 saturated heterocycles. The van der Waals surface area contributed by atoms with Crippen molar-refractivity contribution < 1.29 is 8.42 Å². The van der Waals surface area contributed by atoms with Gasteiger partial charge in [-0.25, -0.2) is 8.42 Å². The predicted octanol–water partition coefficient (Wildman–Crippen LogP) is 1.75. The highest BCUT2D eigenvalue weighted by molar-refractivity contribution is 7.91. The van der Waals surface area contributed by atoms with Crippen molar-refractivity contribution >= 4 is 9.84 Å². The van der Waals surface area contributed by atoms with Crippen LogP contribution in [-0.4, -0.2) is 35.7 Å². The molecule has 0 aromatic carbocycles. The molecule has 1 N–H and O–H groups in total. The van der Waals surface area contributed by atoms with Crippen LogP contribution in [0.4, 0.5) is 0 Å². The molecular formula is C15H25N3O2S. The van der Waals surface area contributed by atoms with E-state index in [0.29, 0.717) is 18.2 Å². The van der Waals surface area contributed by atoms with Gasteiger partial charge in [0, 0.05) is 23.8 Å². The van der Waals surface area contributed by atoms with Gasteiger partial charge in [-0.3, -0.25) is 4.68 Å². The van der Waals surface area contributed by atoms with Gasteiger partial charge >= 0.3 is 0 Å². The fraction of sp³-hybridized carbons (Fsp3) is 0.800. The molecule has 1 aliphatic heterocycles. The molecule has 6 heteroatoms. The summed E-state index contributed by atoms with van der Waals surface area (Å²) >= 11 is 0. The second-order valence-electron chi connectivity index (χ2n) is 6.66. The number of sulfone groups is 1. The van der Waals surface area contributed by atoms with Crippen molar-refractivity contribution in [2.45, 2.75) is 58.7 Å². The van der Waals surface area contributed by atoms with E-state index in [4.69, 9.17) is 0 Å². The molecule has 21 heavy (non-hydrogen) atoms. The first kappa shape index (κ1) is 15.0. The highest BCUT2D eigenvalue weighted by Gasteiger charge is 2.32. The average Bonchev–Trinajstić information content (AvgIpc) is 3.14. The summed E-state index contributed by atoms with van der Waals surface area (Å²) in [7, 11) is -2.87. The average molecular weight is 311 g/mol. The minimum atomic E-state index is -2.87. The third kappa shape index (κ3) is 3.16. The van der Waals surface area contributed by atoms with Gasteiger partial charge in [-0.15, -0.1) is 0 Å². The molecule has 0 radical (unpaired) electrons. The zero-order valence-corrected chi connectivity index (χ0v) is 13.9. The maximum absolute atomic E-state index is 11.7. The molecule has 1 aliphatic carbocycles. The number of rotatable bonds is 5. The predicted molar refractivity (Wildman–Crippen MR) is 83.0 cm³/mol. The third-order valence-electron chi connectivity index (χ3n) is 4.96. The minimum Gasteiger partial charge on any atom is -0.310 e. The van der Waals surface area contributed by atoms with E-state index in [1.165, 1.54) is 18.4 Å². The first-order valence-corrected chi connectivity index (χ1v) is 9.68. The van der Waals surface area contributed by atoms with Crippen LogP contribution in [-0.2, 0) is 16.4 Å². The van der Waals surface area contributed by atoms with Gasteiger partial charge in [0.25, 0.3) is 0 Å². The first-order chi connectivity index (χ1) is 9.87. The van der Waals surface area contributed by atoms with Crippen LogP contribution in [0.15, 0.2) is 0 Å². The topological polar surface area (TPSA) is 64.0 Å². The fourth-order valence-corrected chi connectivity index (χ4v) is 4.99. The summed E-state index contributed by atoms with van der Waals surface area (Å²) < 4.78 is 25.3. The molecule has 0 amide bonds. The van der Waals surface area contributed by atoms with Crippen LogP contribution >= 0.6 is 0 Å². The lowest BCUT2D eigenvalue weighted by atomic mass is 10.1. The van der Waals surface area contributed by atoms with Crippen LogP contribution in [0, 0.1) is 19.8 Å². The van der Waals surface area contributed by atoms with Crippen molar-refractivity contribution in [2.75, 3.05) is 11.5 Å². The van der Waals surface area contributed by atoms with E-state index in [9.17, 15) is 8.42 Å². The van der Waals surface area contributed by atoms with Crippen LogP contribution in [0.25, 0.3) is 0 Å². The summed E-state index contributed by atoms with van der Waals surface area (Å²) in [5.74, 6) is 1.36. The normalized spacial score (nSPS) is 26.1. The summed E-state index contributed by atoms with van der Waals surface area (Å²) in [6, 6.07) is 0.572. The van der Waals surface area contributed by atoms with Crippen LogP contribution < -0.4 is 5.32 Å². The maximum atomic E-state index is 11.7. The monoisotopic (exact) mass is 311 g/mol. The maximum Gasteiger partial charge on any atom is 0.152 e. The highest BCUT2D eigenvalue weighted by Crippen LogP contribution is 2.32. The zero-order chi connectivity index (χ0) is 15.2. The van der Waals surface area contributed by atoms with Crippen LogP contribution in [0.1, 0.15) is 49.2 Å². The Morgan fingerprint density at radius 1 is 1.33 bits per heavy atom. The summed E-state index contributed by atoms with van der Waals surface area (Å²) in [6.07, 6.45) is 3.37. The third-order valence-corrected chi connectivity index (χ3v) is 6.71. The van der Waals surface area contributed by atoms with E-state index in [1.54, 1.807) is 0 Å². The number of nitrogens with one attached hydrogen (secondary N) is 1. The van der Waals surface area contributed by atoms with Crippen molar-refractivity contribution in [1.29, 1.82) is 0 Å². The van der Waals surface area contributed by atoms with Crippen LogP contribution in [0.2, 0.25) is 0 Å². The first-order valence-electron chi connectivity index (χ1n) is 7.86. The van der Waals surface area contributed by atoms with E-state index < -0.39 is 9.84 Å². The lowest BCUT2D eigenvalue weighted by Gasteiger charge is -2.14. The van der Waals surface area contributed by atoms with Gasteiger partial charge in [0.05, 0.1) is 23.2 Å². The fourth-order valence-electron chi connectivity index (χ4n) is 3.30. The lowest BCUT2D eigenvalue weighted by molar-refractivity contribution is 0.480. The Hall–Kier alpha value is -0.880. The van der Waals surface area contributed by atoms with E-state index in [0.717, 1.165) is 23.9 Å². The van der Waals surface area contributed by atoms with Crippen molar-refractivity contribution in [3.8, 4) is 0 Å². The van der Waals surface area contributed by atoms with Gasteiger partial charge in [-0.1, -0.05) is 0 Å². The molecule has 1 saturated carbocycles. The number of aryl methyl sites for hydroxylation is 1. The molecule has 2 fully saturated rings. The summed E-state index contributed by atoms with van der Waals surface area (Å²) in [5, 5.41) is 8.20. The van der Waals surface area contributed by atoms with E-state index in [1.807, 2.05) is 11.6 Å². The molecule has 0 bridgehead atoms. The van der Waals surface area contributed by atoms with Gasteiger partial charge in [0.2, 0.25) is 0 Å². The van der Waals surface area contributed by atoms with Gasteiger partial charge in [-0.05, 0) is 46.0 Å². The summed E-state index contributed by atoms with van der Waals surface area (Å²) in [4.78, 5) is 0. The van der Waals surface area contributed by atoms with E-state index in [2.05, 4.69) is 24.3 Å². The van der Waals surface area contributed by atoms with Gasteiger partial charge in [0.1, 0.15) is 0 Å². The molecule has 1 aromatic rings. The Balaban J connectivity index is 1.73. The molecule has 1 aromatic heterocycles. The molecule has 2 unspecified atom stereocenters. The smallest absolute Gasteiger partial charge is 0.152 e. The quantitative estimate of drug-likeness (QED) is 0.900. The number of aromatic nitrogens is 2. The van der Waals surface area contributed by atoms with E-state index in [-0.39, 0.29) is 11.8 Å². The molecule has 118 valence electrons. The minimum absolute atomic E-state index is 0.0169. The zero-order valence-electron chi connectivity index (χ0n) is 13.1. The number of hydrogen-bond donors (Lipinski definition) is 1. The largest absolute Gasteiger partial charge is 0.310 e. The standard InChI is InChI=1S/C15H25N3O2S/c1-10(13-4-5-13)16-8-15-11(2)17-18(12(15)3)14-6-7-21(19,20)9-14/h10,13-14,16H,4-9H2,1-3H3. The number of hydrogen-bond acceptors (Lipinski definition) is 4. The molecule has 0 spiro atoms. The van der Waals surface area contributed by atoms with Crippen LogP contribution in [0.3, 0.4) is 0 Å².